The maximum absolute atomic E-state index is 13.4. The van der Waals surface area contributed by atoms with Crippen LogP contribution in [-0.4, -0.2) is 41.4 Å². The van der Waals surface area contributed by atoms with Gasteiger partial charge in [-0.25, -0.2) is 4.98 Å². The molecule has 4 rings (SSSR count). The number of fused-ring (bicyclic) bond motifs is 2. The van der Waals surface area contributed by atoms with E-state index in [2.05, 4.69) is 10.3 Å². The fourth-order valence-electron chi connectivity index (χ4n) is 4.13. The second-order valence-corrected chi connectivity index (χ2v) is 7.95. The molecular formula is C23H23N5O4. The lowest BCUT2D eigenvalue weighted by molar-refractivity contribution is -0.383. The van der Waals surface area contributed by atoms with Crippen LogP contribution in [0.5, 0.6) is 0 Å². The summed E-state index contributed by atoms with van der Waals surface area (Å²) in [6.45, 7) is 3.63. The van der Waals surface area contributed by atoms with E-state index in [-0.39, 0.29) is 42.0 Å². The fraction of sp³-hybridized carbons (Fsp3) is 0.261. The first-order valence-corrected chi connectivity index (χ1v) is 10.2. The molecule has 1 unspecified atom stereocenters. The number of nitro benzene ring substituents is 1. The number of benzene rings is 2. The van der Waals surface area contributed by atoms with Gasteiger partial charge in [0.15, 0.2) is 5.52 Å². The zero-order chi connectivity index (χ0) is 23.0. The molecule has 2 aromatic carbocycles. The number of nitro groups is 1. The number of aryl methyl sites for hydroxylation is 1. The minimum Gasteiger partial charge on any atom is -0.365 e. The molecule has 1 atom stereocenters. The van der Waals surface area contributed by atoms with Crippen LogP contribution < -0.4 is 15.1 Å². The van der Waals surface area contributed by atoms with E-state index in [9.17, 15) is 19.7 Å². The summed E-state index contributed by atoms with van der Waals surface area (Å²) in [7, 11) is 1.77. The van der Waals surface area contributed by atoms with Crippen molar-refractivity contribution in [3.8, 4) is 0 Å². The number of carbonyl (C=O) groups is 2. The zero-order valence-corrected chi connectivity index (χ0v) is 18.0. The van der Waals surface area contributed by atoms with Gasteiger partial charge in [0.2, 0.25) is 11.8 Å². The smallest absolute Gasteiger partial charge is 0.295 e. The number of non-ortho nitro benzene ring substituents is 1. The lowest BCUT2D eigenvalue weighted by Crippen LogP contribution is -2.44. The van der Waals surface area contributed by atoms with Crippen molar-refractivity contribution >= 4 is 45.5 Å². The molecular weight excluding hydrogens is 410 g/mol. The van der Waals surface area contributed by atoms with Gasteiger partial charge in [0, 0.05) is 42.3 Å². The Hall–Kier alpha value is -4.01. The average molecular weight is 433 g/mol. The minimum absolute atomic E-state index is 0.0219. The van der Waals surface area contributed by atoms with E-state index in [4.69, 9.17) is 0 Å². The summed E-state index contributed by atoms with van der Waals surface area (Å²) >= 11 is 0. The van der Waals surface area contributed by atoms with Crippen LogP contribution in [0.2, 0.25) is 0 Å². The number of nitrogens with one attached hydrogen (secondary N) is 1. The fourth-order valence-corrected chi connectivity index (χ4v) is 4.13. The van der Waals surface area contributed by atoms with Gasteiger partial charge >= 0.3 is 0 Å². The summed E-state index contributed by atoms with van der Waals surface area (Å²) in [6, 6.07) is 13.5. The van der Waals surface area contributed by atoms with Gasteiger partial charge in [0.1, 0.15) is 0 Å². The van der Waals surface area contributed by atoms with Crippen molar-refractivity contribution < 1.29 is 14.5 Å². The predicted molar refractivity (Wildman–Crippen MR) is 123 cm³/mol. The van der Waals surface area contributed by atoms with Gasteiger partial charge < -0.3 is 15.1 Å². The highest BCUT2D eigenvalue weighted by Crippen LogP contribution is 2.33. The second-order valence-electron chi connectivity index (χ2n) is 7.95. The lowest BCUT2D eigenvalue weighted by atomic mass is 10.1. The Bertz CT molecular complexity index is 1240. The lowest BCUT2D eigenvalue weighted by Gasteiger charge is -2.30. The van der Waals surface area contributed by atoms with E-state index in [0.717, 1.165) is 0 Å². The molecule has 164 valence electrons. The monoisotopic (exact) mass is 433 g/mol. The van der Waals surface area contributed by atoms with Crippen molar-refractivity contribution in [2.45, 2.75) is 26.3 Å². The highest BCUT2D eigenvalue weighted by molar-refractivity contribution is 6.06. The Balaban J connectivity index is 1.70. The number of aromatic nitrogens is 1. The van der Waals surface area contributed by atoms with Crippen molar-refractivity contribution in [3.63, 3.8) is 0 Å². The maximum Gasteiger partial charge on any atom is 0.295 e. The van der Waals surface area contributed by atoms with E-state index in [1.54, 1.807) is 42.0 Å². The Labute approximate surface area is 184 Å². The van der Waals surface area contributed by atoms with Crippen LogP contribution >= 0.6 is 0 Å². The van der Waals surface area contributed by atoms with Gasteiger partial charge in [-0.1, -0.05) is 24.3 Å². The molecule has 0 radical (unpaired) electrons. The molecule has 1 aliphatic heterocycles. The number of rotatable bonds is 4. The summed E-state index contributed by atoms with van der Waals surface area (Å²) in [4.78, 5) is 44.4. The second kappa shape index (κ2) is 8.26. The Morgan fingerprint density at radius 1 is 1.28 bits per heavy atom. The number of carbonyl (C=O) groups excluding carboxylic acids is 2. The molecule has 0 spiro atoms. The highest BCUT2D eigenvalue weighted by Gasteiger charge is 2.30. The first kappa shape index (κ1) is 21.2. The number of hydrogen-bond donors (Lipinski definition) is 1. The van der Waals surface area contributed by atoms with Crippen LogP contribution in [-0.2, 0) is 9.59 Å². The van der Waals surface area contributed by atoms with E-state index >= 15 is 0 Å². The van der Waals surface area contributed by atoms with Crippen molar-refractivity contribution in [1.82, 2.24) is 4.98 Å². The molecule has 1 aromatic heterocycles. The van der Waals surface area contributed by atoms with Gasteiger partial charge in [0.05, 0.1) is 22.8 Å². The summed E-state index contributed by atoms with van der Waals surface area (Å²) in [5, 5.41) is 14.9. The van der Waals surface area contributed by atoms with Crippen LogP contribution in [0.25, 0.3) is 10.9 Å². The van der Waals surface area contributed by atoms with Gasteiger partial charge in [-0.3, -0.25) is 19.7 Å². The van der Waals surface area contributed by atoms with Crippen LogP contribution in [0, 0.1) is 17.0 Å². The molecule has 9 heteroatoms. The van der Waals surface area contributed by atoms with Crippen LogP contribution in [0.15, 0.2) is 48.5 Å². The van der Waals surface area contributed by atoms with Gasteiger partial charge in [-0.05, 0) is 32.0 Å². The van der Waals surface area contributed by atoms with Gasteiger partial charge in [-0.15, -0.1) is 0 Å². The standard InChI is InChI=1S/C23H23N5O4/c1-14-11-20(16-7-6-10-19(28(31)32)23(16)24-14)26(3)13-22(30)27-15(2)12-21(29)25-17-8-4-5-9-18(17)27/h4-11,15H,12-13H2,1-3H3,(H,25,29). The zero-order valence-electron chi connectivity index (χ0n) is 18.0. The number of amides is 2. The first-order chi connectivity index (χ1) is 15.3. The quantitative estimate of drug-likeness (QED) is 0.497. The summed E-state index contributed by atoms with van der Waals surface area (Å²) in [6.07, 6.45) is 0.188. The van der Waals surface area contributed by atoms with Gasteiger partial charge in [-0.2, -0.15) is 0 Å². The molecule has 0 fully saturated rings. The largest absolute Gasteiger partial charge is 0.365 e. The van der Waals surface area contributed by atoms with Crippen molar-refractivity contribution in [3.05, 3.63) is 64.3 Å². The molecule has 0 bridgehead atoms. The average Bonchev–Trinajstić information content (AvgIpc) is 2.86. The number of hydrogen-bond acceptors (Lipinski definition) is 6. The molecule has 0 aliphatic carbocycles. The predicted octanol–water partition coefficient (Wildman–Crippen LogP) is 3.65. The maximum atomic E-state index is 13.4. The summed E-state index contributed by atoms with van der Waals surface area (Å²) in [5.41, 5.74) is 2.75. The molecule has 0 saturated heterocycles. The van der Waals surface area contributed by atoms with E-state index in [0.29, 0.717) is 28.1 Å². The molecule has 2 heterocycles. The SMILES string of the molecule is Cc1cc(N(C)CC(=O)N2c3ccccc3NC(=O)CC2C)c2cccc([N+](=O)[O-])c2n1. The number of pyridine rings is 1. The normalized spacial score (nSPS) is 15.7. The molecule has 3 aromatic rings. The first-order valence-electron chi connectivity index (χ1n) is 10.2. The summed E-state index contributed by atoms with van der Waals surface area (Å²) in [5.74, 6) is -0.325. The molecule has 2 amide bonds. The van der Waals surface area contributed by atoms with Crippen LogP contribution in [0.3, 0.4) is 0 Å². The Morgan fingerprint density at radius 2 is 2.03 bits per heavy atom. The molecule has 32 heavy (non-hydrogen) atoms. The third kappa shape index (κ3) is 3.84. The van der Waals surface area contributed by atoms with Crippen LogP contribution in [0.4, 0.5) is 22.7 Å². The Kier molecular flexibility index (Phi) is 5.48. The number of para-hydroxylation sites is 3. The van der Waals surface area contributed by atoms with E-state index < -0.39 is 4.92 Å². The number of anilines is 3. The molecule has 1 aliphatic rings. The highest BCUT2D eigenvalue weighted by atomic mass is 16.6. The van der Waals surface area contributed by atoms with Crippen molar-refractivity contribution in [2.24, 2.45) is 0 Å². The summed E-state index contributed by atoms with van der Waals surface area (Å²) < 4.78 is 0. The molecule has 1 N–H and O–H groups in total. The topological polar surface area (TPSA) is 109 Å². The van der Waals surface area contributed by atoms with Crippen LogP contribution in [0.1, 0.15) is 19.0 Å². The third-order valence-electron chi connectivity index (χ3n) is 5.53. The molecule has 0 saturated carbocycles. The minimum atomic E-state index is -0.455. The Morgan fingerprint density at radius 3 is 2.78 bits per heavy atom. The number of likely N-dealkylation sites (N-methyl/N-ethyl adjacent to an activating group) is 1. The third-order valence-corrected chi connectivity index (χ3v) is 5.53. The van der Waals surface area contributed by atoms with Crippen molar-refractivity contribution in [2.75, 3.05) is 28.7 Å². The molecule has 9 nitrogen and oxygen atoms in total. The van der Waals surface area contributed by atoms with Crippen molar-refractivity contribution in [1.29, 1.82) is 0 Å². The van der Waals surface area contributed by atoms with E-state index in [1.807, 2.05) is 31.2 Å². The van der Waals surface area contributed by atoms with Gasteiger partial charge in [0.25, 0.3) is 5.69 Å². The number of nitrogens with zero attached hydrogens (tertiary/aromatic N) is 4. The van der Waals surface area contributed by atoms with E-state index in [1.165, 1.54) is 6.07 Å².